The average molecular weight is 413 g/mol. The topological polar surface area (TPSA) is 64.2 Å². The Kier molecular flexibility index (Phi) is 5.19. The zero-order chi connectivity index (χ0) is 18.1. The third kappa shape index (κ3) is 3.90. The molecule has 25 heavy (non-hydrogen) atoms. The number of rotatable bonds is 4. The Morgan fingerprint density at radius 1 is 1.36 bits per heavy atom. The van der Waals surface area contributed by atoms with Gasteiger partial charge in [0.05, 0.1) is 11.0 Å². The highest BCUT2D eigenvalue weighted by Crippen LogP contribution is 2.21. The number of hydrogen-bond donors (Lipinski definition) is 1. The molecule has 1 aliphatic heterocycles. The normalized spacial score (nSPS) is 15.2. The second kappa shape index (κ2) is 7.21. The van der Waals surface area contributed by atoms with Crippen molar-refractivity contribution in [2.24, 2.45) is 5.73 Å². The number of halogens is 3. The van der Waals surface area contributed by atoms with E-state index in [0.29, 0.717) is 19.6 Å². The maximum atomic E-state index is 13.9. The number of aryl methyl sites for hydroxylation is 1. The smallest absolute Gasteiger partial charge is 0.224 e. The standard InChI is InChI=1S/C17H19BrF2N4O/c1-10-8-22-16-9-23(2-3-24(10)16)17(25)6-12(21)4-11-5-15(20)13(18)7-14(11)19/h5,7-8,12H,2-4,6,9,21H2,1H3/t12-/m1/s1. The Bertz CT molecular complexity index is 808. The lowest BCUT2D eigenvalue weighted by molar-refractivity contribution is -0.133. The molecule has 2 heterocycles. The number of nitrogens with zero attached hydrogens (tertiary/aromatic N) is 3. The van der Waals surface area contributed by atoms with Gasteiger partial charge in [0.1, 0.15) is 17.5 Å². The van der Waals surface area contributed by atoms with Crippen LogP contribution in [0.2, 0.25) is 0 Å². The number of carbonyl (C=O) groups excluding carboxylic acids is 1. The van der Waals surface area contributed by atoms with E-state index in [4.69, 9.17) is 5.73 Å². The molecule has 0 fully saturated rings. The van der Waals surface area contributed by atoms with E-state index in [1.54, 1.807) is 11.1 Å². The third-order valence-electron chi connectivity index (χ3n) is 4.42. The van der Waals surface area contributed by atoms with Gasteiger partial charge >= 0.3 is 0 Å². The van der Waals surface area contributed by atoms with E-state index in [1.807, 2.05) is 6.92 Å². The minimum atomic E-state index is -0.578. The van der Waals surface area contributed by atoms with Gasteiger partial charge < -0.3 is 15.2 Å². The molecule has 1 amide bonds. The van der Waals surface area contributed by atoms with Crippen LogP contribution in [0.5, 0.6) is 0 Å². The first-order valence-corrected chi connectivity index (χ1v) is 8.82. The highest BCUT2D eigenvalue weighted by molar-refractivity contribution is 9.10. The van der Waals surface area contributed by atoms with Crippen molar-refractivity contribution in [3.8, 4) is 0 Å². The number of benzene rings is 1. The van der Waals surface area contributed by atoms with Crippen molar-refractivity contribution in [2.45, 2.75) is 38.9 Å². The lowest BCUT2D eigenvalue weighted by Gasteiger charge is -2.29. The van der Waals surface area contributed by atoms with Gasteiger partial charge in [-0.05, 0) is 47.0 Å². The number of carbonyl (C=O) groups is 1. The average Bonchev–Trinajstić information content (AvgIpc) is 2.93. The summed E-state index contributed by atoms with van der Waals surface area (Å²) < 4.78 is 29.6. The lowest BCUT2D eigenvalue weighted by atomic mass is 10.0. The highest BCUT2D eigenvalue weighted by Gasteiger charge is 2.24. The van der Waals surface area contributed by atoms with E-state index < -0.39 is 17.7 Å². The van der Waals surface area contributed by atoms with Crippen LogP contribution in [0.1, 0.15) is 23.5 Å². The first-order valence-electron chi connectivity index (χ1n) is 8.03. The van der Waals surface area contributed by atoms with E-state index in [2.05, 4.69) is 25.5 Å². The fraction of sp³-hybridized carbons (Fsp3) is 0.412. The summed E-state index contributed by atoms with van der Waals surface area (Å²) in [6, 6.07) is 1.61. The van der Waals surface area contributed by atoms with Crippen LogP contribution in [0.15, 0.2) is 22.8 Å². The molecule has 134 valence electrons. The summed E-state index contributed by atoms with van der Waals surface area (Å²) in [5, 5.41) is 0. The van der Waals surface area contributed by atoms with E-state index in [-0.39, 0.29) is 28.8 Å². The van der Waals surface area contributed by atoms with Gasteiger partial charge in [0.25, 0.3) is 0 Å². The molecule has 3 rings (SSSR count). The first-order chi connectivity index (χ1) is 11.8. The first kappa shape index (κ1) is 18.0. The van der Waals surface area contributed by atoms with Gasteiger partial charge in [0, 0.05) is 37.4 Å². The van der Waals surface area contributed by atoms with Gasteiger partial charge in [-0.15, -0.1) is 0 Å². The number of aromatic nitrogens is 2. The Balaban J connectivity index is 1.61. The van der Waals surface area contributed by atoms with Crippen LogP contribution in [-0.4, -0.2) is 32.9 Å². The summed E-state index contributed by atoms with van der Waals surface area (Å²) >= 11 is 2.94. The number of imidazole rings is 1. The summed E-state index contributed by atoms with van der Waals surface area (Å²) in [6.07, 6.45) is 1.97. The van der Waals surface area contributed by atoms with Crippen molar-refractivity contribution in [1.29, 1.82) is 0 Å². The summed E-state index contributed by atoms with van der Waals surface area (Å²) in [5.74, 6) is -0.330. The second-order valence-corrected chi connectivity index (χ2v) is 7.16. The molecule has 1 aliphatic rings. The molecule has 2 aromatic rings. The Morgan fingerprint density at radius 3 is 2.88 bits per heavy atom. The zero-order valence-electron chi connectivity index (χ0n) is 13.8. The van der Waals surface area contributed by atoms with E-state index in [1.165, 1.54) is 0 Å². The van der Waals surface area contributed by atoms with Crippen molar-refractivity contribution in [3.05, 3.63) is 51.5 Å². The van der Waals surface area contributed by atoms with Crippen LogP contribution in [0.25, 0.3) is 0 Å². The molecule has 0 aliphatic carbocycles. The minimum Gasteiger partial charge on any atom is -0.333 e. The molecule has 0 unspecified atom stereocenters. The number of nitrogens with two attached hydrogens (primary N) is 1. The van der Waals surface area contributed by atoms with Crippen LogP contribution >= 0.6 is 15.9 Å². The van der Waals surface area contributed by atoms with E-state index in [9.17, 15) is 13.6 Å². The van der Waals surface area contributed by atoms with Crippen molar-refractivity contribution >= 4 is 21.8 Å². The summed E-state index contributed by atoms with van der Waals surface area (Å²) in [5.41, 5.74) is 7.25. The van der Waals surface area contributed by atoms with Crippen molar-refractivity contribution in [3.63, 3.8) is 0 Å². The van der Waals surface area contributed by atoms with Crippen LogP contribution < -0.4 is 5.73 Å². The van der Waals surface area contributed by atoms with Gasteiger partial charge in [0.2, 0.25) is 5.91 Å². The van der Waals surface area contributed by atoms with Crippen molar-refractivity contribution in [2.75, 3.05) is 6.54 Å². The lowest BCUT2D eigenvalue weighted by Crippen LogP contribution is -2.41. The zero-order valence-corrected chi connectivity index (χ0v) is 15.4. The van der Waals surface area contributed by atoms with Crippen molar-refractivity contribution in [1.82, 2.24) is 14.5 Å². The molecule has 0 saturated carbocycles. The van der Waals surface area contributed by atoms with Gasteiger partial charge in [0.15, 0.2) is 0 Å². The van der Waals surface area contributed by atoms with Gasteiger partial charge in [-0.2, -0.15) is 0 Å². The molecule has 0 spiro atoms. The quantitative estimate of drug-likeness (QED) is 0.784. The SMILES string of the molecule is Cc1cnc2n1CCN(C(=O)C[C@H](N)Cc1cc(F)c(Br)cc1F)C2. The molecule has 2 N–H and O–H groups in total. The predicted octanol–water partition coefficient (Wildman–Crippen LogP) is 2.53. The third-order valence-corrected chi connectivity index (χ3v) is 5.03. The monoisotopic (exact) mass is 412 g/mol. The van der Waals surface area contributed by atoms with E-state index in [0.717, 1.165) is 23.7 Å². The molecule has 1 aromatic heterocycles. The van der Waals surface area contributed by atoms with E-state index >= 15 is 0 Å². The summed E-state index contributed by atoms with van der Waals surface area (Å²) in [7, 11) is 0. The number of amides is 1. The fourth-order valence-electron chi connectivity index (χ4n) is 3.05. The number of hydrogen-bond acceptors (Lipinski definition) is 3. The highest BCUT2D eigenvalue weighted by atomic mass is 79.9. The molecule has 5 nitrogen and oxygen atoms in total. The van der Waals surface area contributed by atoms with Crippen LogP contribution in [-0.2, 0) is 24.3 Å². The summed E-state index contributed by atoms with van der Waals surface area (Å²) in [6.45, 7) is 3.72. The molecule has 1 atom stereocenters. The Hall–Kier alpha value is -1.80. The molecular formula is C17H19BrF2N4O. The molecule has 0 radical (unpaired) electrons. The number of fused-ring (bicyclic) bond motifs is 1. The molecule has 0 saturated heterocycles. The van der Waals surface area contributed by atoms with Gasteiger partial charge in [-0.3, -0.25) is 4.79 Å². The van der Waals surface area contributed by atoms with Gasteiger partial charge in [-0.1, -0.05) is 0 Å². The molecule has 0 bridgehead atoms. The summed E-state index contributed by atoms with van der Waals surface area (Å²) in [4.78, 5) is 18.5. The molecule has 8 heteroatoms. The maximum Gasteiger partial charge on any atom is 0.224 e. The molecular weight excluding hydrogens is 394 g/mol. The maximum absolute atomic E-state index is 13.9. The minimum absolute atomic E-state index is 0.0671. The second-order valence-electron chi connectivity index (χ2n) is 6.31. The van der Waals surface area contributed by atoms with Crippen molar-refractivity contribution < 1.29 is 13.6 Å². The Labute approximate surface area is 153 Å². The fourth-order valence-corrected chi connectivity index (χ4v) is 3.37. The molecule has 1 aromatic carbocycles. The predicted molar refractivity (Wildman–Crippen MR) is 92.7 cm³/mol. The Morgan fingerprint density at radius 2 is 2.12 bits per heavy atom. The van der Waals surface area contributed by atoms with Crippen LogP contribution in [0.4, 0.5) is 8.78 Å². The largest absolute Gasteiger partial charge is 0.333 e. The van der Waals surface area contributed by atoms with Gasteiger partial charge in [-0.25, -0.2) is 13.8 Å². The van der Waals surface area contributed by atoms with Crippen LogP contribution in [0, 0.1) is 18.6 Å². The van der Waals surface area contributed by atoms with Crippen LogP contribution in [0.3, 0.4) is 0 Å².